The van der Waals surface area contributed by atoms with Crippen molar-refractivity contribution < 1.29 is 0 Å². The minimum atomic E-state index is 0.255. The molecule has 0 saturated heterocycles. The highest BCUT2D eigenvalue weighted by Crippen LogP contribution is 2.28. The maximum atomic E-state index is 4.61. The number of nitrogens with zero attached hydrogens (tertiary/aromatic N) is 1. The van der Waals surface area contributed by atoms with Crippen LogP contribution in [0.25, 0.3) is 33.6 Å². The summed E-state index contributed by atoms with van der Waals surface area (Å²) >= 11 is 0. The first-order chi connectivity index (χ1) is 14.9. The third kappa shape index (κ3) is 2.71. The average molecular weight is 382 g/mol. The molecule has 0 radical (unpaired) electrons. The van der Waals surface area contributed by atoms with Gasteiger partial charge in [0.1, 0.15) is 0 Å². The minimum absolute atomic E-state index is 0.255. The van der Waals surface area contributed by atoms with Gasteiger partial charge >= 0.3 is 0 Å². The Balaban J connectivity index is 1.47. The summed E-state index contributed by atoms with van der Waals surface area (Å²) in [6, 6.07) is 38.8. The molecule has 2 heterocycles. The second kappa shape index (κ2) is 6.89. The van der Waals surface area contributed by atoms with E-state index in [2.05, 4.69) is 101 Å². The summed E-state index contributed by atoms with van der Waals surface area (Å²) in [5, 5.41) is 7.81. The zero-order valence-electron chi connectivity index (χ0n) is 16.4. The molecule has 1 aliphatic rings. The predicted octanol–water partition coefficient (Wildman–Crippen LogP) is 4.24. The van der Waals surface area contributed by atoms with Crippen LogP contribution in [-0.2, 0) is 0 Å². The van der Waals surface area contributed by atoms with E-state index in [-0.39, 0.29) is 6.71 Å². The van der Waals surface area contributed by atoms with E-state index in [4.69, 9.17) is 0 Å². The summed E-state index contributed by atoms with van der Waals surface area (Å²) in [6.07, 6.45) is 0. The summed E-state index contributed by atoms with van der Waals surface area (Å²) in [7, 11) is 0. The molecule has 1 aromatic heterocycles. The molecule has 30 heavy (non-hydrogen) atoms. The summed E-state index contributed by atoms with van der Waals surface area (Å²) in [4.78, 5) is 0. The molecule has 0 atom stereocenters. The van der Waals surface area contributed by atoms with Crippen LogP contribution < -0.4 is 16.4 Å². The number of H-pyrrole nitrogens is 1. The summed E-state index contributed by atoms with van der Waals surface area (Å²) in [6.45, 7) is 0.255. The van der Waals surface area contributed by atoms with Crippen molar-refractivity contribution in [1.29, 1.82) is 0 Å². The number of aromatic amines is 1. The van der Waals surface area contributed by atoms with E-state index in [1.165, 1.54) is 27.5 Å². The van der Waals surface area contributed by atoms with Gasteiger partial charge in [-0.1, -0.05) is 120 Å². The lowest BCUT2D eigenvalue weighted by Gasteiger charge is -2.11. The van der Waals surface area contributed by atoms with Gasteiger partial charge in [-0.15, -0.1) is 0 Å². The molecule has 0 aliphatic carbocycles. The second-order valence-electron chi connectivity index (χ2n) is 7.77. The van der Waals surface area contributed by atoms with E-state index in [1.807, 2.05) is 18.2 Å². The molecule has 0 unspecified atom stereocenters. The number of aromatic nitrogens is 2. The lowest BCUT2D eigenvalue weighted by Crippen LogP contribution is -2.48. The molecule has 1 N–H and O–H groups in total. The lowest BCUT2D eigenvalue weighted by atomic mass is 9.39. The van der Waals surface area contributed by atoms with E-state index >= 15 is 0 Å². The largest absolute Gasteiger partial charge is 0.277 e. The van der Waals surface area contributed by atoms with Gasteiger partial charge in [-0.3, -0.25) is 5.10 Å². The lowest BCUT2D eigenvalue weighted by molar-refractivity contribution is 1.10. The van der Waals surface area contributed by atoms with Crippen LogP contribution >= 0.6 is 0 Å². The van der Waals surface area contributed by atoms with Gasteiger partial charge in [-0.2, -0.15) is 5.10 Å². The van der Waals surface area contributed by atoms with Crippen LogP contribution in [0.2, 0.25) is 0 Å². The molecule has 6 rings (SSSR count). The molecule has 5 aromatic rings. The molecule has 0 spiro atoms. The van der Waals surface area contributed by atoms with Gasteiger partial charge in [0.25, 0.3) is 0 Å². The fraction of sp³-hybridized carbons (Fsp3) is 0. The van der Waals surface area contributed by atoms with Gasteiger partial charge in [0.2, 0.25) is 6.71 Å². The smallest absolute Gasteiger partial charge is 0.242 e. The van der Waals surface area contributed by atoms with Crippen LogP contribution in [0.5, 0.6) is 0 Å². The molecule has 0 fully saturated rings. The molecule has 0 amide bonds. The first-order valence-electron chi connectivity index (χ1n) is 10.3. The molecule has 0 saturated carbocycles. The number of fused-ring (bicyclic) bond motifs is 3. The normalized spacial score (nSPS) is 11.9. The van der Waals surface area contributed by atoms with Crippen LogP contribution in [0.1, 0.15) is 0 Å². The van der Waals surface area contributed by atoms with Crippen LogP contribution in [0.15, 0.2) is 109 Å². The van der Waals surface area contributed by atoms with E-state index in [0.29, 0.717) is 0 Å². The van der Waals surface area contributed by atoms with E-state index in [0.717, 1.165) is 22.5 Å². The van der Waals surface area contributed by atoms with Crippen LogP contribution in [0.3, 0.4) is 0 Å². The Kier molecular flexibility index (Phi) is 3.92. The first-order valence-corrected chi connectivity index (χ1v) is 10.3. The van der Waals surface area contributed by atoms with Gasteiger partial charge in [0.15, 0.2) is 0 Å². The number of hydrogen-bond acceptors (Lipinski definition) is 1. The zero-order valence-corrected chi connectivity index (χ0v) is 16.4. The predicted molar refractivity (Wildman–Crippen MR) is 126 cm³/mol. The quantitative estimate of drug-likeness (QED) is 0.456. The van der Waals surface area contributed by atoms with Crippen molar-refractivity contribution >= 4 is 23.1 Å². The molecule has 2 nitrogen and oxygen atoms in total. The van der Waals surface area contributed by atoms with Gasteiger partial charge in [-0.05, 0) is 22.8 Å². The van der Waals surface area contributed by atoms with E-state index in [9.17, 15) is 0 Å². The third-order valence-electron chi connectivity index (χ3n) is 6.02. The minimum Gasteiger partial charge on any atom is -0.277 e. The monoisotopic (exact) mass is 382 g/mol. The molecule has 1 aliphatic heterocycles. The Labute approximate surface area is 176 Å². The highest BCUT2D eigenvalue weighted by molar-refractivity contribution is 6.99. The number of hydrogen-bond donors (Lipinski definition) is 1. The van der Waals surface area contributed by atoms with Crippen molar-refractivity contribution in [2.75, 3.05) is 0 Å². The fourth-order valence-electron chi connectivity index (χ4n) is 4.61. The van der Waals surface area contributed by atoms with E-state index < -0.39 is 0 Å². The standard InChI is InChI=1S/C27H19BN2/c1-3-9-19(10-4-1)26-18-27(30-29-26)20-15-16-23-22-13-7-8-14-24(22)28(25(23)17-20)21-11-5-2-6-12-21/h1-18H,(H,29,30). The van der Waals surface area contributed by atoms with Crippen molar-refractivity contribution in [1.82, 2.24) is 10.2 Å². The maximum absolute atomic E-state index is 4.61. The Morgan fingerprint density at radius 3 is 2.10 bits per heavy atom. The second-order valence-corrected chi connectivity index (χ2v) is 7.77. The Hall–Kier alpha value is -3.85. The van der Waals surface area contributed by atoms with Crippen molar-refractivity contribution in [2.45, 2.75) is 0 Å². The van der Waals surface area contributed by atoms with Crippen LogP contribution in [-0.4, -0.2) is 16.9 Å². The van der Waals surface area contributed by atoms with Crippen molar-refractivity contribution in [3.8, 4) is 33.6 Å². The molecule has 0 bridgehead atoms. The molecular formula is C27H19BN2. The maximum Gasteiger partial charge on any atom is 0.242 e. The Morgan fingerprint density at radius 2 is 1.27 bits per heavy atom. The molecule has 4 aromatic carbocycles. The third-order valence-corrected chi connectivity index (χ3v) is 6.02. The number of rotatable bonds is 3. The highest BCUT2D eigenvalue weighted by Gasteiger charge is 2.33. The summed E-state index contributed by atoms with van der Waals surface area (Å²) < 4.78 is 0. The zero-order chi connectivity index (χ0) is 19.9. The Morgan fingerprint density at radius 1 is 0.567 bits per heavy atom. The van der Waals surface area contributed by atoms with Crippen molar-refractivity contribution in [2.24, 2.45) is 0 Å². The molecule has 3 heteroatoms. The van der Waals surface area contributed by atoms with E-state index in [1.54, 1.807) is 0 Å². The van der Waals surface area contributed by atoms with Crippen molar-refractivity contribution in [3.63, 3.8) is 0 Å². The van der Waals surface area contributed by atoms with Crippen molar-refractivity contribution in [3.05, 3.63) is 109 Å². The first kappa shape index (κ1) is 17.1. The topological polar surface area (TPSA) is 28.7 Å². The highest BCUT2D eigenvalue weighted by atomic mass is 15.1. The van der Waals surface area contributed by atoms with Gasteiger partial charge in [0, 0.05) is 5.56 Å². The molecular weight excluding hydrogens is 363 g/mol. The fourth-order valence-corrected chi connectivity index (χ4v) is 4.61. The summed E-state index contributed by atoms with van der Waals surface area (Å²) in [5.41, 5.74) is 11.0. The van der Waals surface area contributed by atoms with Crippen LogP contribution in [0, 0.1) is 0 Å². The SMILES string of the molecule is c1ccc(B2c3ccccc3-c3ccc(-c4cc(-c5ccccc5)[nH]n4)cc32)cc1. The summed E-state index contributed by atoms with van der Waals surface area (Å²) in [5.74, 6) is 0. The van der Waals surface area contributed by atoms with Gasteiger partial charge in [0.05, 0.1) is 11.4 Å². The average Bonchev–Trinajstić information content (AvgIpc) is 3.43. The number of nitrogens with one attached hydrogen (secondary N) is 1. The van der Waals surface area contributed by atoms with Gasteiger partial charge in [-0.25, -0.2) is 0 Å². The van der Waals surface area contributed by atoms with Gasteiger partial charge < -0.3 is 0 Å². The van der Waals surface area contributed by atoms with Crippen LogP contribution in [0.4, 0.5) is 0 Å². The Bertz CT molecular complexity index is 1340. The molecule has 140 valence electrons. The number of benzene rings is 4.